The second-order valence-electron chi connectivity index (χ2n) is 5.28. The monoisotopic (exact) mass is 274 g/mol. The molecule has 104 valence electrons. The minimum Gasteiger partial charge on any atom is -0.198 e. The lowest BCUT2D eigenvalue weighted by molar-refractivity contribution is 0.487. The average Bonchev–Trinajstić information content (AvgIpc) is 2.51. The van der Waals surface area contributed by atoms with Crippen molar-refractivity contribution < 1.29 is 0 Å². The predicted octanol–water partition coefficient (Wildman–Crippen LogP) is 4.57. The maximum absolute atomic E-state index is 9.09. The Kier molecular flexibility index (Phi) is 5.13. The number of aryl methyl sites for hydroxylation is 1. The molecule has 0 amide bonds. The number of nitrogens with zero attached hydrogens (tertiary/aromatic N) is 2. The first kappa shape index (κ1) is 14.8. The minimum atomic E-state index is 0.0186. The van der Waals surface area contributed by atoms with Crippen molar-refractivity contribution in [3.63, 3.8) is 0 Å². The molecule has 0 saturated carbocycles. The first-order valence-electron chi connectivity index (χ1n) is 7.11. The molecule has 0 radical (unpaired) electrons. The lowest BCUT2D eigenvalue weighted by Gasteiger charge is -2.25. The summed E-state index contributed by atoms with van der Waals surface area (Å²) in [7, 11) is 0. The molecule has 0 unspecified atom stereocenters. The molecule has 0 saturated heterocycles. The average molecular weight is 274 g/mol. The number of hydrogen-bond acceptors (Lipinski definition) is 2. The number of hydrogen-bond donors (Lipinski definition) is 0. The molecule has 0 spiro atoms. The summed E-state index contributed by atoms with van der Waals surface area (Å²) in [6.07, 6.45) is 0.780. The highest BCUT2D eigenvalue weighted by Gasteiger charge is 2.24. The second-order valence-corrected chi connectivity index (χ2v) is 5.28. The zero-order valence-corrected chi connectivity index (χ0v) is 12.2. The van der Waals surface area contributed by atoms with Crippen molar-refractivity contribution in [2.24, 2.45) is 5.92 Å². The standard InChI is InChI=1S/C19H18N2/c1-15-7-9-17(10-8-15)19(16-5-3-2-4-6-16)18(11-13-20)12-14-21/h2-10,18-19H,11-12H2,1H3/t19-/m0/s1. The van der Waals surface area contributed by atoms with E-state index in [1.165, 1.54) is 11.1 Å². The van der Waals surface area contributed by atoms with Crippen LogP contribution >= 0.6 is 0 Å². The molecule has 2 nitrogen and oxygen atoms in total. The summed E-state index contributed by atoms with van der Waals surface area (Å²) in [5, 5.41) is 18.2. The van der Waals surface area contributed by atoms with Crippen molar-refractivity contribution in [1.29, 1.82) is 10.5 Å². The van der Waals surface area contributed by atoms with Gasteiger partial charge in [0.1, 0.15) is 0 Å². The fourth-order valence-electron chi connectivity index (χ4n) is 2.71. The molecule has 0 fully saturated rings. The first-order chi connectivity index (χ1) is 10.3. The van der Waals surface area contributed by atoms with Gasteiger partial charge in [0.05, 0.1) is 12.1 Å². The lowest BCUT2D eigenvalue weighted by Crippen LogP contribution is -2.14. The molecule has 0 bridgehead atoms. The van der Waals surface area contributed by atoms with Gasteiger partial charge in [-0.3, -0.25) is 0 Å². The van der Waals surface area contributed by atoms with Crippen LogP contribution in [0, 0.1) is 35.5 Å². The van der Waals surface area contributed by atoms with Gasteiger partial charge in [0, 0.05) is 18.8 Å². The molecule has 2 heteroatoms. The Balaban J connectivity index is 2.46. The molecule has 0 heterocycles. The van der Waals surface area contributed by atoms with Crippen LogP contribution in [0.25, 0.3) is 0 Å². The van der Waals surface area contributed by atoms with Gasteiger partial charge < -0.3 is 0 Å². The largest absolute Gasteiger partial charge is 0.198 e. The normalized spacial score (nSPS) is 11.6. The summed E-state index contributed by atoms with van der Waals surface area (Å²) in [6, 6.07) is 23.0. The van der Waals surface area contributed by atoms with E-state index in [1.54, 1.807) is 0 Å². The highest BCUT2D eigenvalue weighted by atomic mass is 14.3. The Hall–Kier alpha value is -2.58. The molecule has 2 aromatic rings. The van der Waals surface area contributed by atoms with Crippen molar-refractivity contribution in [1.82, 2.24) is 0 Å². The van der Waals surface area contributed by atoms with Crippen LogP contribution < -0.4 is 0 Å². The smallest absolute Gasteiger partial charge is 0.0625 e. The minimum absolute atomic E-state index is 0.0186. The summed E-state index contributed by atoms with van der Waals surface area (Å²) in [6.45, 7) is 2.06. The Bertz CT molecular complexity index is 629. The van der Waals surface area contributed by atoms with Crippen LogP contribution in [-0.2, 0) is 0 Å². The fraction of sp³-hybridized carbons (Fsp3) is 0.263. The molecule has 0 aliphatic carbocycles. The van der Waals surface area contributed by atoms with Crippen LogP contribution in [0.3, 0.4) is 0 Å². The highest BCUT2D eigenvalue weighted by Crippen LogP contribution is 2.35. The van der Waals surface area contributed by atoms with E-state index in [0.29, 0.717) is 12.8 Å². The van der Waals surface area contributed by atoms with Crippen molar-refractivity contribution in [3.8, 4) is 12.1 Å². The zero-order valence-electron chi connectivity index (χ0n) is 12.2. The third-order valence-electron chi connectivity index (χ3n) is 3.77. The van der Waals surface area contributed by atoms with Gasteiger partial charge >= 0.3 is 0 Å². The Morgan fingerprint density at radius 2 is 1.33 bits per heavy atom. The van der Waals surface area contributed by atoms with E-state index in [1.807, 2.05) is 18.2 Å². The lowest BCUT2D eigenvalue weighted by atomic mass is 9.78. The van der Waals surface area contributed by atoms with Crippen LogP contribution in [0.4, 0.5) is 0 Å². The van der Waals surface area contributed by atoms with Gasteiger partial charge in [-0.05, 0) is 24.0 Å². The summed E-state index contributed by atoms with van der Waals surface area (Å²) >= 11 is 0. The molecule has 0 aliphatic heterocycles. The maximum Gasteiger partial charge on any atom is 0.0625 e. The number of rotatable bonds is 5. The van der Waals surface area contributed by atoms with Gasteiger partial charge in [0.15, 0.2) is 0 Å². The van der Waals surface area contributed by atoms with Gasteiger partial charge in [-0.1, -0.05) is 60.2 Å². The second kappa shape index (κ2) is 7.27. The molecule has 0 aromatic heterocycles. The molecule has 2 aromatic carbocycles. The summed E-state index contributed by atoms with van der Waals surface area (Å²) < 4.78 is 0. The maximum atomic E-state index is 9.09. The summed E-state index contributed by atoms with van der Waals surface area (Å²) in [5.41, 5.74) is 3.54. The Morgan fingerprint density at radius 3 is 1.86 bits per heavy atom. The van der Waals surface area contributed by atoms with Gasteiger partial charge in [-0.25, -0.2) is 0 Å². The van der Waals surface area contributed by atoms with E-state index in [-0.39, 0.29) is 11.8 Å². The van der Waals surface area contributed by atoms with Crippen LogP contribution in [-0.4, -0.2) is 0 Å². The van der Waals surface area contributed by atoms with E-state index >= 15 is 0 Å². The number of benzene rings is 2. The molecule has 0 N–H and O–H groups in total. The molecule has 1 atom stereocenters. The third-order valence-corrected chi connectivity index (χ3v) is 3.77. The number of nitriles is 2. The first-order valence-corrected chi connectivity index (χ1v) is 7.11. The molecule has 21 heavy (non-hydrogen) atoms. The topological polar surface area (TPSA) is 47.6 Å². The van der Waals surface area contributed by atoms with Crippen LogP contribution in [0.5, 0.6) is 0 Å². The molecular formula is C19H18N2. The van der Waals surface area contributed by atoms with Crippen molar-refractivity contribution in [3.05, 3.63) is 71.3 Å². The zero-order chi connectivity index (χ0) is 15.1. The van der Waals surface area contributed by atoms with Crippen LogP contribution in [0.2, 0.25) is 0 Å². The van der Waals surface area contributed by atoms with Crippen LogP contribution in [0.15, 0.2) is 54.6 Å². The summed E-state index contributed by atoms with van der Waals surface area (Å²) in [4.78, 5) is 0. The van der Waals surface area contributed by atoms with Crippen molar-refractivity contribution in [2.45, 2.75) is 25.7 Å². The van der Waals surface area contributed by atoms with E-state index in [2.05, 4.69) is 55.5 Å². The third kappa shape index (κ3) is 3.71. The Labute approximate surface area is 126 Å². The quantitative estimate of drug-likeness (QED) is 0.801. The molecule has 2 rings (SSSR count). The van der Waals surface area contributed by atoms with E-state index in [9.17, 15) is 0 Å². The Morgan fingerprint density at radius 1 is 0.810 bits per heavy atom. The van der Waals surface area contributed by atoms with E-state index < -0.39 is 0 Å². The van der Waals surface area contributed by atoms with Gasteiger partial charge in [-0.15, -0.1) is 0 Å². The predicted molar refractivity (Wildman–Crippen MR) is 83.4 cm³/mol. The fourth-order valence-corrected chi connectivity index (χ4v) is 2.71. The van der Waals surface area contributed by atoms with E-state index in [4.69, 9.17) is 10.5 Å². The van der Waals surface area contributed by atoms with Crippen LogP contribution in [0.1, 0.15) is 35.4 Å². The summed E-state index contributed by atoms with van der Waals surface area (Å²) in [5.74, 6) is 0.108. The van der Waals surface area contributed by atoms with Gasteiger partial charge in [-0.2, -0.15) is 10.5 Å². The molecular weight excluding hydrogens is 256 g/mol. The SMILES string of the molecule is Cc1ccc([C@H](c2ccccc2)C(CC#N)CC#N)cc1. The highest BCUT2D eigenvalue weighted by molar-refractivity contribution is 5.35. The molecule has 0 aliphatic rings. The van der Waals surface area contributed by atoms with Gasteiger partial charge in [0.25, 0.3) is 0 Å². The van der Waals surface area contributed by atoms with E-state index in [0.717, 1.165) is 5.56 Å². The van der Waals surface area contributed by atoms with Crippen molar-refractivity contribution >= 4 is 0 Å². The van der Waals surface area contributed by atoms with Crippen molar-refractivity contribution in [2.75, 3.05) is 0 Å². The van der Waals surface area contributed by atoms with Gasteiger partial charge in [0.2, 0.25) is 0 Å².